The summed E-state index contributed by atoms with van der Waals surface area (Å²) in [6, 6.07) is 9.77. The van der Waals surface area contributed by atoms with Gasteiger partial charge in [0, 0.05) is 31.4 Å². The zero-order valence-corrected chi connectivity index (χ0v) is 14.3. The topological polar surface area (TPSA) is 15.3 Å². The van der Waals surface area contributed by atoms with Gasteiger partial charge in [0.1, 0.15) is 0 Å². The highest BCUT2D eigenvalue weighted by molar-refractivity contribution is 5.47. The molecule has 0 atom stereocenters. The number of hydrogen-bond donors (Lipinski definition) is 1. The van der Waals surface area contributed by atoms with E-state index in [0.29, 0.717) is 11.5 Å². The Labute approximate surface area is 130 Å². The summed E-state index contributed by atoms with van der Waals surface area (Å²) in [6.45, 7) is 12.4. The molecule has 21 heavy (non-hydrogen) atoms. The van der Waals surface area contributed by atoms with E-state index < -0.39 is 0 Å². The lowest BCUT2D eigenvalue weighted by Gasteiger charge is -2.34. The lowest BCUT2D eigenvalue weighted by Crippen LogP contribution is -2.35. The summed E-state index contributed by atoms with van der Waals surface area (Å²) < 4.78 is 0. The molecule has 1 N–H and O–H groups in total. The summed E-state index contributed by atoms with van der Waals surface area (Å²) in [7, 11) is 0. The number of rotatable bonds is 6. The molecular formula is C19H32N2. The lowest BCUT2D eigenvalue weighted by molar-refractivity contribution is 0.206. The van der Waals surface area contributed by atoms with Gasteiger partial charge in [-0.2, -0.15) is 0 Å². The molecule has 1 saturated carbocycles. The summed E-state index contributed by atoms with van der Waals surface area (Å²) in [4.78, 5) is 2.39. The number of nitrogens with zero attached hydrogens (tertiary/aromatic N) is 1. The summed E-state index contributed by atoms with van der Waals surface area (Å²) in [5.41, 5.74) is 3.29. The Kier molecular flexibility index (Phi) is 5.69. The van der Waals surface area contributed by atoms with Crippen molar-refractivity contribution < 1.29 is 0 Å². The van der Waals surface area contributed by atoms with Gasteiger partial charge in [-0.05, 0) is 62.6 Å². The second kappa shape index (κ2) is 7.31. The van der Waals surface area contributed by atoms with Gasteiger partial charge in [-0.25, -0.2) is 0 Å². The molecule has 0 spiro atoms. The Morgan fingerprint density at radius 3 is 2.14 bits per heavy atom. The monoisotopic (exact) mass is 288 g/mol. The molecule has 0 aliphatic heterocycles. The van der Waals surface area contributed by atoms with Crippen molar-refractivity contribution >= 4 is 5.69 Å². The molecule has 0 amide bonds. The fourth-order valence-corrected chi connectivity index (χ4v) is 3.28. The highest BCUT2D eigenvalue weighted by Crippen LogP contribution is 2.35. The van der Waals surface area contributed by atoms with Crippen LogP contribution in [0.15, 0.2) is 24.3 Å². The molecule has 118 valence electrons. The highest BCUT2D eigenvalue weighted by Gasteiger charge is 2.26. The number of nitrogens with one attached hydrogen (secondary N) is 1. The Bertz CT molecular complexity index is 408. The van der Waals surface area contributed by atoms with Crippen molar-refractivity contribution in [3.8, 4) is 0 Å². The van der Waals surface area contributed by atoms with E-state index in [9.17, 15) is 0 Å². The van der Waals surface area contributed by atoms with Gasteiger partial charge in [0.05, 0.1) is 0 Å². The number of benzene rings is 1. The maximum absolute atomic E-state index is 3.74. The predicted molar refractivity (Wildman–Crippen MR) is 92.9 cm³/mol. The van der Waals surface area contributed by atoms with Crippen LogP contribution in [0.25, 0.3) is 0 Å². The normalized spacial score (nSPS) is 18.7. The molecular weight excluding hydrogens is 256 g/mol. The summed E-state index contributed by atoms with van der Waals surface area (Å²) >= 11 is 0. The van der Waals surface area contributed by atoms with E-state index in [1.54, 1.807) is 0 Å². The van der Waals surface area contributed by atoms with Crippen LogP contribution in [0.1, 0.15) is 58.9 Å². The Morgan fingerprint density at radius 1 is 1.05 bits per heavy atom. The predicted octanol–water partition coefficient (Wildman–Crippen LogP) is 4.59. The quantitative estimate of drug-likeness (QED) is 0.823. The van der Waals surface area contributed by atoms with E-state index in [0.717, 1.165) is 19.6 Å². The second-order valence-electron chi connectivity index (χ2n) is 7.16. The minimum absolute atomic E-state index is 0.559. The van der Waals surface area contributed by atoms with E-state index >= 15 is 0 Å². The van der Waals surface area contributed by atoms with E-state index in [1.165, 1.54) is 36.9 Å². The molecule has 1 aliphatic rings. The summed E-state index contributed by atoms with van der Waals surface area (Å²) in [5, 5.41) is 3.74. The molecule has 0 saturated heterocycles. The van der Waals surface area contributed by atoms with Gasteiger partial charge in [-0.3, -0.25) is 0 Å². The first-order valence-corrected chi connectivity index (χ1v) is 8.61. The smallest absolute Gasteiger partial charge is 0.0366 e. The summed E-state index contributed by atoms with van der Waals surface area (Å²) in [6.07, 6.45) is 5.35. The van der Waals surface area contributed by atoms with Gasteiger partial charge in [0.25, 0.3) is 0 Å². The van der Waals surface area contributed by atoms with Crippen molar-refractivity contribution in [3.63, 3.8) is 0 Å². The third-order valence-electron chi connectivity index (χ3n) is 5.00. The number of anilines is 1. The molecule has 0 unspecified atom stereocenters. The van der Waals surface area contributed by atoms with Crippen molar-refractivity contribution in [1.82, 2.24) is 5.32 Å². The van der Waals surface area contributed by atoms with Crippen LogP contribution in [0.4, 0.5) is 5.69 Å². The van der Waals surface area contributed by atoms with Crippen LogP contribution in [-0.4, -0.2) is 19.1 Å². The molecule has 0 aromatic heterocycles. The average molecular weight is 288 g/mol. The van der Waals surface area contributed by atoms with Crippen molar-refractivity contribution in [2.24, 2.45) is 5.41 Å². The van der Waals surface area contributed by atoms with Gasteiger partial charge in [-0.1, -0.05) is 26.0 Å². The largest absolute Gasteiger partial charge is 0.372 e. The van der Waals surface area contributed by atoms with Crippen molar-refractivity contribution in [2.75, 3.05) is 18.0 Å². The standard InChI is InChI=1S/C19H32N2/c1-5-21(6-2)18-9-7-16(8-10-18)15-20-17-11-13-19(3,4)14-12-17/h7-10,17,20H,5-6,11-15H2,1-4H3. The second-order valence-corrected chi connectivity index (χ2v) is 7.16. The minimum Gasteiger partial charge on any atom is -0.372 e. The Balaban J connectivity index is 1.81. The van der Waals surface area contributed by atoms with Gasteiger partial charge in [0.15, 0.2) is 0 Å². The number of hydrogen-bond acceptors (Lipinski definition) is 2. The molecule has 1 fully saturated rings. The van der Waals surface area contributed by atoms with E-state index in [4.69, 9.17) is 0 Å². The SMILES string of the molecule is CCN(CC)c1ccc(CNC2CCC(C)(C)CC2)cc1. The Morgan fingerprint density at radius 2 is 1.62 bits per heavy atom. The van der Waals surface area contributed by atoms with Crippen LogP contribution in [0.5, 0.6) is 0 Å². The van der Waals surface area contributed by atoms with E-state index in [1.807, 2.05) is 0 Å². The first-order valence-electron chi connectivity index (χ1n) is 8.61. The van der Waals surface area contributed by atoms with Gasteiger partial charge in [-0.15, -0.1) is 0 Å². The van der Waals surface area contributed by atoms with Crippen molar-refractivity contribution in [3.05, 3.63) is 29.8 Å². The first-order chi connectivity index (χ1) is 10.0. The van der Waals surface area contributed by atoms with Crippen LogP contribution in [0.3, 0.4) is 0 Å². The zero-order valence-electron chi connectivity index (χ0n) is 14.3. The Hall–Kier alpha value is -1.02. The molecule has 1 aliphatic carbocycles. The molecule has 1 aromatic carbocycles. The lowest BCUT2D eigenvalue weighted by atomic mass is 9.75. The van der Waals surface area contributed by atoms with Gasteiger partial charge < -0.3 is 10.2 Å². The third-order valence-corrected chi connectivity index (χ3v) is 5.00. The van der Waals surface area contributed by atoms with Crippen molar-refractivity contribution in [2.45, 2.75) is 66.0 Å². The molecule has 2 heteroatoms. The van der Waals surface area contributed by atoms with Crippen LogP contribution < -0.4 is 10.2 Å². The summed E-state index contributed by atoms with van der Waals surface area (Å²) in [5.74, 6) is 0. The van der Waals surface area contributed by atoms with E-state index in [2.05, 4.69) is 62.2 Å². The first kappa shape index (κ1) is 16.4. The van der Waals surface area contributed by atoms with Crippen LogP contribution in [-0.2, 0) is 6.54 Å². The van der Waals surface area contributed by atoms with Gasteiger partial charge in [0.2, 0.25) is 0 Å². The average Bonchev–Trinajstić information content (AvgIpc) is 2.49. The minimum atomic E-state index is 0.559. The fourth-order valence-electron chi connectivity index (χ4n) is 3.28. The van der Waals surface area contributed by atoms with Crippen LogP contribution in [0.2, 0.25) is 0 Å². The van der Waals surface area contributed by atoms with E-state index in [-0.39, 0.29) is 0 Å². The molecule has 2 rings (SSSR count). The molecule has 0 heterocycles. The zero-order chi connectivity index (χ0) is 15.3. The maximum atomic E-state index is 3.74. The molecule has 2 nitrogen and oxygen atoms in total. The van der Waals surface area contributed by atoms with Crippen LogP contribution >= 0.6 is 0 Å². The highest BCUT2D eigenvalue weighted by atomic mass is 15.1. The fraction of sp³-hybridized carbons (Fsp3) is 0.684. The third kappa shape index (κ3) is 4.74. The molecule has 0 radical (unpaired) electrons. The molecule has 0 bridgehead atoms. The maximum Gasteiger partial charge on any atom is 0.0366 e. The van der Waals surface area contributed by atoms with Crippen LogP contribution in [0, 0.1) is 5.41 Å². The van der Waals surface area contributed by atoms with Gasteiger partial charge >= 0.3 is 0 Å². The molecule has 1 aromatic rings. The van der Waals surface area contributed by atoms with Crippen molar-refractivity contribution in [1.29, 1.82) is 0 Å².